The lowest BCUT2D eigenvalue weighted by atomic mass is 10.2. The van der Waals surface area contributed by atoms with E-state index in [4.69, 9.17) is 0 Å². The van der Waals surface area contributed by atoms with E-state index in [2.05, 4.69) is 31.9 Å². The van der Waals surface area contributed by atoms with Gasteiger partial charge in [-0.15, -0.1) is 0 Å². The molecular formula is C18H24N6O. The molecule has 132 valence electrons. The Bertz CT molecular complexity index is 865. The van der Waals surface area contributed by atoms with E-state index >= 15 is 0 Å². The predicted molar refractivity (Wildman–Crippen MR) is 96.0 cm³/mol. The van der Waals surface area contributed by atoms with Crippen LogP contribution in [0, 0.1) is 0 Å². The summed E-state index contributed by atoms with van der Waals surface area (Å²) in [5.74, 6) is 1.78. The van der Waals surface area contributed by atoms with Crippen LogP contribution in [0.25, 0.3) is 11.0 Å². The Labute approximate surface area is 147 Å². The van der Waals surface area contributed by atoms with Crippen LogP contribution < -0.4 is 5.32 Å². The number of nitrogens with one attached hydrogen (secondary N) is 1. The van der Waals surface area contributed by atoms with Crippen LogP contribution in [0.4, 0.5) is 0 Å². The highest BCUT2D eigenvalue weighted by atomic mass is 16.1. The zero-order chi connectivity index (χ0) is 17.8. The molecule has 3 rings (SSSR count). The standard InChI is InChI=1S/C18H24N6O/c1-4-16-22-14-8-6-7-9-15(14)23(16)11-10-17(25)21-13(3)18-19-12-20-24(18)5-2/h6-9,12-13H,4-5,10-11H2,1-3H3,(H,21,25)/t13-/m0/s1. The Morgan fingerprint density at radius 1 is 1.28 bits per heavy atom. The van der Waals surface area contributed by atoms with Crippen molar-refractivity contribution in [1.29, 1.82) is 0 Å². The largest absolute Gasteiger partial charge is 0.346 e. The third kappa shape index (κ3) is 3.55. The van der Waals surface area contributed by atoms with Gasteiger partial charge >= 0.3 is 0 Å². The maximum absolute atomic E-state index is 12.4. The van der Waals surface area contributed by atoms with Gasteiger partial charge in [-0.05, 0) is 26.0 Å². The quantitative estimate of drug-likeness (QED) is 0.717. The molecule has 0 unspecified atom stereocenters. The van der Waals surface area contributed by atoms with Gasteiger partial charge in [0, 0.05) is 25.9 Å². The van der Waals surface area contributed by atoms with Gasteiger partial charge in [-0.25, -0.2) is 14.6 Å². The molecule has 0 saturated carbocycles. The number of nitrogens with zero attached hydrogens (tertiary/aromatic N) is 5. The van der Waals surface area contributed by atoms with Crippen LogP contribution in [0.5, 0.6) is 0 Å². The fourth-order valence-electron chi connectivity index (χ4n) is 3.09. The van der Waals surface area contributed by atoms with Gasteiger partial charge in [0.25, 0.3) is 0 Å². The second-order valence-corrected chi connectivity index (χ2v) is 6.00. The second-order valence-electron chi connectivity index (χ2n) is 6.00. The van der Waals surface area contributed by atoms with Crippen molar-refractivity contribution in [3.63, 3.8) is 0 Å². The molecule has 1 atom stereocenters. The van der Waals surface area contributed by atoms with Crippen LogP contribution in [0.1, 0.15) is 44.9 Å². The fraction of sp³-hybridized carbons (Fsp3) is 0.444. The number of aryl methyl sites for hydroxylation is 3. The summed E-state index contributed by atoms with van der Waals surface area (Å²) < 4.78 is 3.93. The molecule has 1 aromatic carbocycles. The molecule has 3 aromatic rings. The van der Waals surface area contributed by atoms with Crippen LogP contribution in [-0.4, -0.2) is 30.2 Å². The number of aromatic nitrogens is 5. The smallest absolute Gasteiger partial charge is 0.222 e. The van der Waals surface area contributed by atoms with Gasteiger partial charge in [-0.1, -0.05) is 19.1 Å². The van der Waals surface area contributed by atoms with Crippen molar-refractivity contribution >= 4 is 16.9 Å². The molecule has 7 heteroatoms. The Kier molecular flexibility index (Phi) is 5.11. The first-order chi connectivity index (χ1) is 12.1. The summed E-state index contributed by atoms with van der Waals surface area (Å²) in [6, 6.07) is 7.87. The first kappa shape index (κ1) is 17.1. The van der Waals surface area contributed by atoms with Crippen molar-refractivity contribution in [2.24, 2.45) is 0 Å². The monoisotopic (exact) mass is 340 g/mol. The molecular weight excluding hydrogens is 316 g/mol. The van der Waals surface area contributed by atoms with Gasteiger partial charge in [0.15, 0.2) is 0 Å². The molecule has 2 aromatic heterocycles. The van der Waals surface area contributed by atoms with Gasteiger partial charge in [-0.3, -0.25) is 4.79 Å². The van der Waals surface area contributed by atoms with E-state index in [-0.39, 0.29) is 11.9 Å². The Morgan fingerprint density at radius 2 is 2.08 bits per heavy atom. The summed E-state index contributed by atoms with van der Waals surface area (Å²) in [5.41, 5.74) is 2.05. The van der Waals surface area contributed by atoms with E-state index in [1.165, 1.54) is 6.33 Å². The van der Waals surface area contributed by atoms with Crippen molar-refractivity contribution in [2.75, 3.05) is 0 Å². The first-order valence-corrected chi connectivity index (χ1v) is 8.75. The highest BCUT2D eigenvalue weighted by molar-refractivity contribution is 5.78. The minimum atomic E-state index is -0.167. The Hall–Kier alpha value is -2.70. The molecule has 0 radical (unpaired) electrons. The molecule has 25 heavy (non-hydrogen) atoms. The number of carbonyl (C=O) groups excluding carboxylic acids is 1. The zero-order valence-corrected chi connectivity index (χ0v) is 14.9. The molecule has 0 saturated heterocycles. The van der Waals surface area contributed by atoms with Crippen molar-refractivity contribution in [1.82, 2.24) is 29.6 Å². The highest BCUT2D eigenvalue weighted by Gasteiger charge is 2.16. The van der Waals surface area contributed by atoms with E-state index in [0.717, 1.165) is 35.6 Å². The number of hydrogen-bond acceptors (Lipinski definition) is 4. The van der Waals surface area contributed by atoms with Gasteiger partial charge in [0.1, 0.15) is 18.0 Å². The van der Waals surface area contributed by atoms with Crippen LogP contribution >= 0.6 is 0 Å². The maximum atomic E-state index is 12.4. The molecule has 0 aliphatic heterocycles. The number of imidazole rings is 1. The zero-order valence-electron chi connectivity index (χ0n) is 14.9. The van der Waals surface area contributed by atoms with Crippen molar-refractivity contribution in [2.45, 2.75) is 52.7 Å². The summed E-state index contributed by atoms with van der Waals surface area (Å²) in [6.45, 7) is 7.36. The van der Waals surface area contributed by atoms with Crippen LogP contribution in [0.2, 0.25) is 0 Å². The summed E-state index contributed by atoms with van der Waals surface area (Å²) in [6.07, 6.45) is 2.76. The van der Waals surface area contributed by atoms with Crippen molar-refractivity contribution < 1.29 is 4.79 Å². The Balaban J connectivity index is 1.67. The average Bonchev–Trinajstić information content (AvgIpc) is 3.23. The van der Waals surface area contributed by atoms with Crippen LogP contribution in [0.15, 0.2) is 30.6 Å². The summed E-state index contributed by atoms with van der Waals surface area (Å²) in [7, 11) is 0. The van der Waals surface area contributed by atoms with E-state index < -0.39 is 0 Å². The molecule has 7 nitrogen and oxygen atoms in total. The lowest BCUT2D eigenvalue weighted by Gasteiger charge is -2.14. The molecule has 0 bridgehead atoms. The van der Waals surface area contributed by atoms with Crippen molar-refractivity contribution in [3.05, 3.63) is 42.2 Å². The van der Waals surface area contributed by atoms with Crippen molar-refractivity contribution in [3.8, 4) is 0 Å². The normalized spacial score (nSPS) is 12.4. The SMILES string of the molecule is CCc1nc2ccccc2n1CCC(=O)N[C@@H](C)c1ncnn1CC. The summed E-state index contributed by atoms with van der Waals surface area (Å²) >= 11 is 0. The predicted octanol–water partition coefficient (Wildman–Crippen LogP) is 2.48. The average molecular weight is 340 g/mol. The minimum absolute atomic E-state index is 0.00186. The summed E-state index contributed by atoms with van der Waals surface area (Å²) in [4.78, 5) is 21.3. The second kappa shape index (κ2) is 7.46. The number of benzene rings is 1. The Morgan fingerprint density at radius 3 is 2.84 bits per heavy atom. The number of carbonyl (C=O) groups is 1. The van der Waals surface area contributed by atoms with Gasteiger partial charge in [0.2, 0.25) is 5.91 Å². The molecule has 0 aliphatic rings. The van der Waals surface area contributed by atoms with E-state index in [0.29, 0.717) is 13.0 Å². The maximum Gasteiger partial charge on any atom is 0.222 e. The molecule has 0 aliphatic carbocycles. The number of hydrogen-bond donors (Lipinski definition) is 1. The van der Waals surface area contributed by atoms with Gasteiger partial charge in [-0.2, -0.15) is 5.10 Å². The van der Waals surface area contributed by atoms with Crippen LogP contribution in [0.3, 0.4) is 0 Å². The van der Waals surface area contributed by atoms with E-state index in [1.54, 1.807) is 4.68 Å². The van der Waals surface area contributed by atoms with Crippen LogP contribution in [-0.2, 0) is 24.3 Å². The number of rotatable bonds is 7. The molecule has 1 N–H and O–H groups in total. The first-order valence-electron chi connectivity index (χ1n) is 8.75. The number of amides is 1. The summed E-state index contributed by atoms with van der Waals surface area (Å²) in [5, 5.41) is 7.16. The number of fused-ring (bicyclic) bond motifs is 1. The number of para-hydroxylation sites is 2. The molecule has 1 amide bonds. The minimum Gasteiger partial charge on any atom is -0.346 e. The molecule has 2 heterocycles. The van der Waals surface area contributed by atoms with Gasteiger partial charge < -0.3 is 9.88 Å². The van der Waals surface area contributed by atoms with E-state index in [1.807, 2.05) is 38.1 Å². The fourth-order valence-corrected chi connectivity index (χ4v) is 3.09. The van der Waals surface area contributed by atoms with E-state index in [9.17, 15) is 4.79 Å². The molecule has 0 spiro atoms. The van der Waals surface area contributed by atoms with Gasteiger partial charge in [0.05, 0.1) is 17.1 Å². The highest BCUT2D eigenvalue weighted by Crippen LogP contribution is 2.17. The third-order valence-corrected chi connectivity index (χ3v) is 4.32. The third-order valence-electron chi connectivity index (χ3n) is 4.32. The lowest BCUT2D eigenvalue weighted by molar-refractivity contribution is -0.122. The lowest BCUT2D eigenvalue weighted by Crippen LogP contribution is -2.29. The topological polar surface area (TPSA) is 77.6 Å². The molecule has 0 fully saturated rings.